The summed E-state index contributed by atoms with van der Waals surface area (Å²) in [5, 5.41) is 3.18. The SMILES string of the molecule is CCN1CCCC1CNC(N)=NCc1cccc(S(=O)(=O)NCCOC)c1.I. The zero-order chi connectivity index (χ0) is 19.7. The van der Waals surface area contributed by atoms with E-state index in [1.54, 1.807) is 18.2 Å². The van der Waals surface area contributed by atoms with E-state index in [0.29, 0.717) is 25.2 Å². The van der Waals surface area contributed by atoms with Gasteiger partial charge in [0.1, 0.15) is 0 Å². The molecule has 1 fully saturated rings. The van der Waals surface area contributed by atoms with Crippen LogP contribution in [0.15, 0.2) is 34.2 Å². The molecule has 4 N–H and O–H groups in total. The molecule has 160 valence electrons. The molecular weight excluding hydrogens is 493 g/mol. The second kappa shape index (κ2) is 12.6. The summed E-state index contributed by atoms with van der Waals surface area (Å²) in [6.07, 6.45) is 2.39. The number of sulfonamides is 1. The number of methoxy groups -OCH3 is 1. The van der Waals surface area contributed by atoms with Crippen LogP contribution < -0.4 is 15.8 Å². The minimum absolute atomic E-state index is 0. The maximum absolute atomic E-state index is 12.3. The van der Waals surface area contributed by atoms with Crippen LogP contribution in [-0.4, -0.2) is 65.2 Å². The summed E-state index contributed by atoms with van der Waals surface area (Å²) < 4.78 is 31.9. The van der Waals surface area contributed by atoms with Crippen molar-refractivity contribution in [2.24, 2.45) is 10.7 Å². The number of ether oxygens (including phenoxy) is 1. The van der Waals surface area contributed by atoms with E-state index in [0.717, 1.165) is 25.2 Å². The Morgan fingerprint density at radius 1 is 1.43 bits per heavy atom. The molecule has 1 aromatic carbocycles. The predicted octanol–water partition coefficient (Wildman–Crippen LogP) is 1.12. The minimum atomic E-state index is -3.55. The molecule has 0 aromatic heterocycles. The van der Waals surface area contributed by atoms with Gasteiger partial charge < -0.3 is 15.8 Å². The molecule has 1 aliphatic rings. The average molecular weight is 525 g/mol. The first-order valence-electron chi connectivity index (χ1n) is 9.31. The van der Waals surface area contributed by atoms with Gasteiger partial charge in [0.15, 0.2) is 5.96 Å². The van der Waals surface area contributed by atoms with Crippen molar-refractivity contribution in [1.82, 2.24) is 14.9 Å². The van der Waals surface area contributed by atoms with Crippen molar-refractivity contribution in [3.8, 4) is 0 Å². The molecule has 8 nitrogen and oxygen atoms in total. The van der Waals surface area contributed by atoms with Gasteiger partial charge in [0, 0.05) is 26.2 Å². The largest absolute Gasteiger partial charge is 0.383 e. The van der Waals surface area contributed by atoms with Gasteiger partial charge in [0.05, 0.1) is 18.0 Å². The number of nitrogens with two attached hydrogens (primary N) is 1. The Labute approximate surface area is 185 Å². The number of hydrogen-bond donors (Lipinski definition) is 3. The fourth-order valence-corrected chi connectivity index (χ4v) is 4.25. The standard InChI is InChI=1S/C18H31N5O3S.HI/c1-3-23-10-5-7-16(23)14-21-18(19)20-13-15-6-4-8-17(12-15)27(24,25)22-9-11-26-2;/h4,6,8,12,16,22H,3,5,7,9-11,13-14H2,1-2H3,(H3,19,20,21);1H. The van der Waals surface area contributed by atoms with Crippen LogP contribution in [0.25, 0.3) is 0 Å². The summed E-state index contributed by atoms with van der Waals surface area (Å²) in [6, 6.07) is 7.21. The molecule has 2 rings (SSSR count). The molecule has 0 radical (unpaired) electrons. The zero-order valence-corrected chi connectivity index (χ0v) is 19.7. The molecule has 1 saturated heterocycles. The van der Waals surface area contributed by atoms with Crippen molar-refractivity contribution in [1.29, 1.82) is 0 Å². The van der Waals surface area contributed by atoms with E-state index >= 15 is 0 Å². The fourth-order valence-electron chi connectivity index (χ4n) is 3.17. The first-order valence-corrected chi connectivity index (χ1v) is 10.8. The van der Waals surface area contributed by atoms with Crippen LogP contribution in [0.4, 0.5) is 0 Å². The quantitative estimate of drug-likeness (QED) is 0.183. The van der Waals surface area contributed by atoms with Gasteiger partial charge in [-0.3, -0.25) is 4.90 Å². The van der Waals surface area contributed by atoms with Crippen LogP contribution >= 0.6 is 24.0 Å². The van der Waals surface area contributed by atoms with Crippen LogP contribution in [0.3, 0.4) is 0 Å². The highest BCUT2D eigenvalue weighted by atomic mass is 127. The van der Waals surface area contributed by atoms with Gasteiger partial charge in [-0.15, -0.1) is 24.0 Å². The number of likely N-dealkylation sites (N-methyl/N-ethyl adjacent to an activating group) is 1. The number of likely N-dealkylation sites (tertiary alicyclic amines) is 1. The molecule has 0 saturated carbocycles. The number of nitrogens with one attached hydrogen (secondary N) is 2. The third kappa shape index (κ3) is 7.82. The summed E-state index contributed by atoms with van der Waals surface area (Å²) >= 11 is 0. The maximum Gasteiger partial charge on any atom is 0.240 e. The number of rotatable bonds is 10. The third-order valence-corrected chi connectivity index (χ3v) is 6.12. The summed E-state index contributed by atoms with van der Waals surface area (Å²) in [5.74, 6) is 0.379. The minimum Gasteiger partial charge on any atom is -0.383 e. The van der Waals surface area contributed by atoms with Crippen LogP contribution in [-0.2, 0) is 21.3 Å². The predicted molar refractivity (Wildman–Crippen MR) is 123 cm³/mol. The Morgan fingerprint density at radius 2 is 2.21 bits per heavy atom. The van der Waals surface area contributed by atoms with Crippen molar-refractivity contribution in [2.75, 3.05) is 39.9 Å². The van der Waals surface area contributed by atoms with Crippen molar-refractivity contribution < 1.29 is 13.2 Å². The van der Waals surface area contributed by atoms with Crippen molar-refractivity contribution in [2.45, 2.75) is 37.2 Å². The van der Waals surface area contributed by atoms with Gasteiger partial charge in [0.25, 0.3) is 0 Å². The molecule has 0 amide bonds. The molecule has 1 atom stereocenters. The molecule has 1 heterocycles. The molecule has 1 aliphatic heterocycles. The van der Waals surface area contributed by atoms with Crippen molar-refractivity contribution in [3.05, 3.63) is 29.8 Å². The average Bonchev–Trinajstić information content (AvgIpc) is 3.12. The van der Waals surface area contributed by atoms with E-state index in [4.69, 9.17) is 10.5 Å². The molecule has 0 bridgehead atoms. The number of aliphatic imine (C=N–C) groups is 1. The molecule has 0 aliphatic carbocycles. The fraction of sp³-hybridized carbons (Fsp3) is 0.611. The normalized spacial score (nSPS) is 18.1. The van der Waals surface area contributed by atoms with Gasteiger partial charge in [-0.25, -0.2) is 18.1 Å². The monoisotopic (exact) mass is 525 g/mol. The van der Waals surface area contributed by atoms with Crippen molar-refractivity contribution in [3.63, 3.8) is 0 Å². The lowest BCUT2D eigenvalue weighted by Crippen LogP contribution is -2.42. The zero-order valence-electron chi connectivity index (χ0n) is 16.6. The van der Waals surface area contributed by atoms with E-state index < -0.39 is 10.0 Å². The highest BCUT2D eigenvalue weighted by Gasteiger charge is 2.22. The highest BCUT2D eigenvalue weighted by Crippen LogP contribution is 2.15. The van der Waals surface area contributed by atoms with E-state index in [9.17, 15) is 8.42 Å². The molecule has 1 unspecified atom stereocenters. The molecular formula is C18H32IN5O3S. The van der Waals surface area contributed by atoms with Gasteiger partial charge in [-0.1, -0.05) is 19.1 Å². The summed E-state index contributed by atoms with van der Waals surface area (Å²) in [5.41, 5.74) is 6.75. The van der Waals surface area contributed by atoms with Crippen LogP contribution in [0, 0.1) is 0 Å². The highest BCUT2D eigenvalue weighted by molar-refractivity contribution is 14.0. The maximum atomic E-state index is 12.3. The Bertz CT molecular complexity index is 730. The van der Waals surface area contributed by atoms with Crippen LogP contribution in [0.1, 0.15) is 25.3 Å². The molecule has 0 spiro atoms. The summed E-state index contributed by atoms with van der Waals surface area (Å²) in [7, 11) is -2.03. The second-order valence-electron chi connectivity index (χ2n) is 6.54. The van der Waals surface area contributed by atoms with E-state index in [1.165, 1.54) is 20.0 Å². The number of nitrogens with zero attached hydrogens (tertiary/aromatic N) is 2. The summed E-state index contributed by atoms with van der Waals surface area (Å²) in [4.78, 5) is 6.98. The number of halogens is 1. The summed E-state index contributed by atoms with van der Waals surface area (Å²) in [6.45, 7) is 6.00. The number of hydrogen-bond acceptors (Lipinski definition) is 5. The second-order valence-corrected chi connectivity index (χ2v) is 8.31. The lowest BCUT2D eigenvalue weighted by molar-refractivity contribution is 0.204. The van der Waals surface area contributed by atoms with E-state index in [1.807, 2.05) is 6.07 Å². The smallest absolute Gasteiger partial charge is 0.240 e. The van der Waals surface area contributed by atoms with Gasteiger partial charge in [0.2, 0.25) is 10.0 Å². The Hall–Kier alpha value is -0.950. The first-order chi connectivity index (χ1) is 13.0. The van der Waals surface area contributed by atoms with Crippen LogP contribution in [0.5, 0.6) is 0 Å². The van der Waals surface area contributed by atoms with Crippen LogP contribution in [0.2, 0.25) is 0 Å². The Morgan fingerprint density at radius 3 is 2.93 bits per heavy atom. The molecule has 1 aromatic rings. The van der Waals surface area contributed by atoms with Gasteiger partial charge in [-0.2, -0.15) is 0 Å². The molecule has 10 heteroatoms. The van der Waals surface area contributed by atoms with Crippen molar-refractivity contribution >= 4 is 40.0 Å². The Kier molecular flexibility index (Phi) is 11.3. The lowest BCUT2D eigenvalue weighted by atomic mass is 10.2. The first kappa shape index (κ1) is 25.1. The van der Waals surface area contributed by atoms with E-state index in [-0.39, 0.29) is 35.4 Å². The third-order valence-electron chi connectivity index (χ3n) is 4.66. The van der Waals surface area contributed by atoms with Gasteiger partial charge >= 0.3 is 0 Å². The number of guanidine groups is 1. The lowest BCUT2D eigenvalue weighted by Gasteiger charge is -2.23. The van der Waals surface area contributed by atoms with E-state index in [2.05, 4.69) is 26.9 Å². The Balaban J connectivity index is 0.00000392. The number of benzene rings is 1. The topological polar surface area (TPSA) is 109 Å². The van der Waals surface area contributed by atoms with Gasteiger partial charge in [-0.05, 0) is 43.6 Å². The molecule has 28 heavy (non-hydrogen) atoms.